The third-order valence-corrected chi connectivity index (χ3v) is 4.76. The van der Waals surface area contributed by atoms with Crippen LogP contribution >= 0.6 is 36.6 Å². The van der Waals surface area contributed by atoms with E-state index in [0.717, 1.165) is 25.4 Å². The Morgan fingerprint density at radius 2 is 2.00 bits per heavy atom. The van der Waals surface area contributed by atoms with E-state index in [0.29, 0.717) is 12.5 Å². The highest BCUT2D eigenvalue weighted by Crippen LogP contribution is 2.10. The normalized spacial score (nSPS) is 23.3. The van der Waals surface area contributed by atoms with Gasteiger partial charge in [0.15, 0.2) is 0 Å². The first-order chi connectivity index (χ1) is 8.84. The molecule has 2 heterocycles. The van der Waals surface area contributed by atoms with E-state index < -0.39 is 0 Å². The summed E-state index contributed by atoms with van der Waals surface area (Å²) in [6, 6.07) is 0.374. The molecule has 2 rings (SSSR count). The molecule has 0 aromatic rings. The van der Waals surface area contributed by atoms with Gasteiger partial charge in [0.1, 0.15) is 0 Å². The van der Waals surface area contributed by atoms with Crippen molar-refractivity contribution < 1.29 is 4.79 Å². The fourth-order valence-corrected chi connectivity index (χ4v) is 3.53. The molecule has 0 bridgehead atoms. The molecule has 4 nitrogen and oxygen atoms in total. The quantitative estimate of drug-likeness (QED) is 0.794. The van der Waals surface area contributed by atoms with Crippen molar-refractivity contribution >= 4 is 42.5 Å². The second-order valence-electron chi connectivity index (χ2n) is 5.18. The molecular formula is C13H27Cl2N3OS. The fourth-order valence-electron chi connectivity index (χ4n) is 2.58. The van der Waals surface area contributed by atoms with Gasteiger partial charge >= 0.3 is 0 Å². The summed E-state index contributed by atoms with van der Waals surface area (Å²) in [6.45, 7) is 5.26. The molecule has 2 N–H and O–H groups in total. The molecule has 120 valence electrons. The van der Waals surface area contributed by atoms with Crippen LogP contribution in [0.4, 0.5) is 0 Å². The summed E-state index contributed by atoms with van der Waals surface area (Å²) in [5.41, 5.74) is 0. The van der Waals surface area contributed by atoms with Gasteiger partial charge in [-0.1, -0.05) is 6.42 Å². The first-order valence-electron chi connectivity index (χ1n) is 7.15. The maximum atomic E-state index is 11.8. The Balaban J connectivity index is 0.00000180. The van der Waals surface area contributed by atoms with Crippen molar-refractivity contribution in [3.8, 4) is 0 Å². The van der Waals surface area contributed by atoms with Crippen molar-refractivity contribution in [1.82, 2.24) is 15.5 Å². The summed E-state index contributed by atoms with van der Waals surface area (Å²) in [7, 11) is 0. The van der Waals surface area contributed by atoms with Crippen molar-refractivity contribution in [2.45, 2.75) is 31.7 Å². The molecule has 2 aliphatic heterocycles. The van der Waals surface area contributed by atoms with Gasteiger partial charge in [-0.25, -0.2) is 0 Å². The molecule has 0 saturated carbocycles. The second-order valence-corrected chi connectivity index (χ2v) is 6.33. The van der Waals surface area contributed by atoms with E-state index in [4.69, 9.17) is 0 Å². The van der Waals surface area contributed by atoms with Crippen LogP contribution in [0.5, 0.6) is 0 Å². The molecule has 0 spiro atoms. The summed E-state index contributed by atoms with van der Waals surface area (Å²) in [4.78, 5) is 14.2. The summed E-state index contributed by atoms with van der Waals surface area (Å²) < 4.78 is 0. The lowest BCUT2D eigenvalue weighted by Gasteiger charge is -2.26. The molecule has 2 aliphatic rings. The monoisotopic (exact) mass is 343 g/mol. The van der Waals surface area contributed by atoms with Gasteiger partial charge in [0.05, 0.1) is 0 Å². The number of thioether (sulfide) groups is 1. The van der Waals surface area contributed by atoms with Crippen LogP contribution in [-0.2, 0) is 4.79 Å². The van der Waals surface area contributed by atoms with E-state index in [-0.39, 0.29) is 30.7 Å². The molecule has 2 saturated heterocycles. The minimum Gasteiger partial charge on any atom is -0.355 e. The van der Waals surface area contributed by atoms with Crippen LogP contribution in [0.1, 0.15) is 25.7 Å². The predicted molar refractivity (Wildman–Crippen MR) is 91.5 cm³/mol. The molecular weight excluding hydrogens is 317 g/mol. The van der Waals surface area contributed by atoms with Crippen molar-refractivity contribution in [3.05, 3.63) is 0 Å². The first-order valence-corrected chi connectivity index (χ1v) is 8.30. The molecule has 0 aromatic heterocycles. The zero-order valence-corrected chi connectivity index (χ0v) is 14.4. The SMILES string of the molecule is Cl.Cl.O=C(CC1CSCCN1)NCCN1CCCCC1. The molecule has 0 aliphatic carbocycles. The van der Waals surface area contributed by atoms with Crippen LogP contribution in [0.25, 0.3) is 0 Å². The van der Waals surface area contributed by atoms with Crippen molar-refractivity contribution in [2.75, 3.05) is 44.2 Å². The van der Waals surface area contributed by atoms with Gasteiger partial charge in [0.25, 0.3) is 0 Å². The number of hydrogen-bond acceptors (Lipinski definition) is 4. The predicted octanol–water partition coefficient (Wildman–Crippen LogP) is 1.53. The maximum absolute atomic E-state index is 11.8. The Morgan fingerprint density at radius 1 is 1.25 bits per heavy atom. The highest BCUT2D eigenvalue weighted by Gasteiger charge is 2.16. The van der Waals surface area contributed by atoms with Crippen molar-refractivity contribution in [3.63, 3.8) is 0 Å². The average Bonchev–Trinajstić information content (AvgIpc) is 2.41. The molecule has 1 atom stereocenters. The smallest absolute Gasteiger partial charge is 0.221 e. The maximum Gasteiger partial charge on any atom is 0.221 e. The van der Waals surface area contributed by atoms with Gasteiger partial charge in [-0.05, 0) is 25.9 Å². The number of amides is 1. The fraction of sp³-hybridized carbons (Fsp3) is 0.923. The van der Waals surface area contributed by atoms with E-state index in [2.05, 4.69) is 15.5 Å². The zero-order valence-electron chi connectivity index (χ0n) is 11.9. The summed E-state index contributed by atoms with van der Waals surface area (Å²) in [5.74, 6) is 2.44. The number of piperidine rings is 1. The summed E-state index contributed by atoms with van der Waals surface area (Å²) in [6.07, 6.45) is 4.63. The highest BCUT2D eigenvalue weighted by atomic mass is 35.5. The summed E-state index contributed by atoms with van der Waals surface area (Å²) >= 11 is 1.94. The first kappa shape index (κ1) is 20.3. The minimum absolute atomic E-state index is 0. The molecule has 1 amide bonds. The van der Waals surface area contributed by atoms with Crippen LogP contribution in [0.3, 0.4) is 0 Å². The third-order valence-electron chi connectivity index (χ3n) is 3.63. The Labute approximate surface area is 139 Å². The van der Waals surface area contributed by atoms with E-state index in [9.17, 15) is 4.79 Å². The van der Waals surface area contributed by atoms with Crippen LogP contribution in [-0.4, -0.2) is 61.1 Å². The lowest BCUT2D eigenvalue weighted by molar-refractivity contribution is -0.121. The molecule has 0 radical (unpaired) electrons. The van der Waals surface area contributed by atoms with Gasteiger partial charge in [-0.3, -0.25) is 4.79 Å². The molecule has 0 aromatic carbocycles. The Morgan fingerprint density at radius 3 is 2.65 bits per heavy atom. The zero-order chi connectivity index (χ0) is 12.6. The molecule has 20 heavy (non-hydrogen) atoms. The van der Waals surface area contributed by atoms with Crippen LogP contribution < -0.4 is 10.6 Å². The van der Waals surface area contributed by atoms with Gasteiger partial charge < -0.3 is 15.5 Å². The minimum atomic E-state index is 0. The third kappa shape index (κ3) is 7.93. The lowest BCUT2D eigenvalue weighted by atomic mass is 10.1. The number of halogens is 2. The van der Waals surface area contributed by atoms with Gasteiger partial charge in [-0.2, -0.15) is 11.8 Å². The number of nitrogens with zero attached hydrogens (tertiary/aromatic N) is 1. The number of carbonyl (C=O) groups excluding carboxylic acids is 1. The Hall–Kier alpha value is 0.320. The van der Waals surface area contributed by atoms with Crippen molar-refractivity contribution in [2.24, 2.45) is 0 Å². The molecule has 1 unspecified atom stereocenters. The number of carbonyl (C=O) groups is 1. The molecule has 2 fully saturated rings. The van der Waals surface area contributed by atoms with Crippen LogP contribution in [0.2, 0.25) is 0 Å². The van der Waals surface area contributed by atoms with E-state index in [1.54, 1.807) is 0 Å². The second kappa shape index (κ2) is 11.9. The van der Waals surface area contributed by atoms with E-state index >= 15 is 0 Å². The average molecular weight is 344 g/mol. The highest BCUT2D eigenvalue weighted by molar-refractivity contribution is 7.99. The standard InChI is InChI=1S/C13H25N3OS.2ClH/c17-13(10-12-11-18-9-5-14-12)15-4-8-16-6-2-1-3-7-16;;/h12,14H,1-11H2,(H,15,17);2*1H. The van der Waals surface area contributed by atoms with E-state index in [1.807, 2.05) is 11.8 Å². The van der Waals surface area contributed by atoms with Crippen LogP contribution in [0, 0.1) is 0 Å². The lowest BCUT2D eigenvalue weighted by Crippen LogP contribution is -2.43. The van der Waals surface area contributed by atoms with Gasteiger partial charge in [0.2, 0.25) is 5.91 Å². The van der Waals surface area contributed by atoms with Gasteiger partial charge in [-0.15, -0.1) is 24.8 Å². The Bertz CT molecular complexity index is 260. The number of nitrogens with one attached hydrogen (secondary N) is 2. The largest absolute Gasteiger partial charge is 0.355 e. The van der Waals surface area contributed by atoms with Gasteiger partial charge in [0, 0.05) is 43.6 Å². The summed E-state index contributed by atoms with van der Waals surface area (Å²) in [5, 5.41) is 6.45. The van der Waals surface area contributed by atoms with Crippen LogP contribution in [0.15, 0.2) is 0 Å². The number of rotatable bonds is 5. The Kier molecular flexibility index (Phi) is 12.1. The topological polar surface area (TPSA) is 44.4 Å². The molecule has 7 heteroatoms. The number of likely N-dealkylation sites (tertiary alicyclic amines) is 1. The van der Waals surface area contributed by atoms with E-state index in [1.165, 1.54) is 38.1 Å². The van der Waals surface area contributed by atoms with Crippen molar-refractivity contribution in [1.29, 1.82) is 0 Å². The number of hydrogen-bond donors (Lipinski definition) is 2.